The Bertz CT molecular complexity index is 612. The molecule has 2 rings (SSSR count). The van der Waals surface area contributed by atoms with Crippen LogP contribution >= 0.6 is 24.0 Å². The summed E-state index contributed by atoms with van der Waals surface area (Å²) in [5.74, 6) is 2.66. The predicted molar refractivity (Wildman–Crippen MR) is 113 cm³/mol. The summed E-state index contributed by atoms with van der Waals surface area (Å²) in [4.78, 5) is 4.68. The highest BCUT2D eigenvalue weighted by Gasteiger charge is 2.04. The number of rotatable bonds is 8. The second-order valence-corrected chi connectivity index (χ2v) is 5.72. The number of hydrogen-bond acceptors (Lipinski definition) is 3. The molecule has 2 N–H and O–H groups in total. The number of halogens is 1. The number of furan rings is 1. The first kappa shape index (κ1) is 21.3. The number of ether oxygens (including phenoxy) is 1. The molecule has 1 heterocycles. The Morgan fingerprint density at radius 3 is 2.60 bits per heavy atom. The van der Waals surface area contributed by atoms with Gasteiger partial charge in [-0.05, 0) is 43.2 Å². The van der Waals surface area contributed by atoms with Crippen LogP contribution in [0.25, 0.3) is 0 Å². The highest BCUT2D eigenvalue weighted by atomic mass is 127. The molecular formula is C19H28IN3O2. The predicted octanol–water partition coefficient (Wildman–Crippen LogP) is 3.98. The fourth-order valence-electron chi connectivity index (χ4n) is 2.15. The van der Waals surface area contributed by atoms with Gasteiger partial charge in [0, 0.05) is 19.0 Å². The molecule has 1 aromatic heterocycles. The van der Waals surface area contributed by atoms with Gasteiger partial charge in [-0.25, -0.2) is 4.99 Å². The van der Waals surface area contributed by atoms with Gasteiger partial charge < -0.3 is 19.8 Å². The molecule has 0 aliphatic carbocycles. The molecular weight excluding hydrogens is 429 g/mol. The SMILES string of the molecule is CCC(C)NC(=NCc1ccc(OC)cc1)NCCc1ccco1.I. The zero-order valence-corrected chi connectivity index (χ0v) is 17.4. The maximum atomic E-state index is 5.36. The lowest BCUT2D eigenvalue weighted by Crippen LogP contribution is -2.42. The summed E-state index contributed by atoms with van der Waals surface area (Å²) in [5.41, 5.74) is 1.15. The first-order valence-corrected chi connectivity index (χ1v) is 8.41. The average molecular weight is 457 g/mol. The largest absolute Gasteiger partial charge is 0.497 e. The third kappa shape index (κ3) is 7.81. The van der Waals surface area contributed by atoms with Crippen molar-refractivity contribution in [1.82, 2.24) is 10.6 Å². The highest BCUT2D eigenvalue weighted by molar-refractivity contribution is 14.0. The first-order chi connectivity index (χ1) is 11.7. The summed E-state index contributed by atoms with van der Waals surface area (Å²) in [5, 5.41) is 6.79. The van der Waals surface area contributed by atoms with Crippen LogP contribution in [-0.4, -0.2) is 25.7 Å². The zero-order chi connectivity index (χ0) is 17.2. The molecule has 0 aliphatic heterocycles. The van der Waals surface area contributed by atoms with Crippen LogP contribution in [0.5, 0.6) is 5.75 Å². The fourth-order valence-corrected chi connectivity index (χ4v) is 2.15. The van der Waals surface area contributed by atoms with Crippen LogP contribution in [0.1, 0.15) is 31.6 Å². The Kier molecular flexibility index (Phi) is 10.1. The second-order valence-electron chi connectivity index (χ2n) is 5.72. The third-order valence-electron chi connectivity index (χ3n) is 3.82. The molecule has 0 aliphatic rings. The number of guanidine groups is 1. The van der Waals surface area contributed by atoms with Crippen molar-refractivity contribution in [3.8, 4) is 5.75 Å². The number of methoxy groups -OCH3 is 1. The van der Waals surface area contributed by atoms with Crippen molar-refractivity contribution in [2.24, 2.45) is 4.99 Å². The van der Waals surface area contributed by atoms with E-state index in [1.54, 1.807) is 13.4 Å². The van der Waals surface area contributed by atoms with Gasteiger partial charge >= 0.3 is 0 Å². The number of nitrogens with zero attached hydrogens (tertiary/aromatic N) is 1. The molecule has 0 saturated carbocycles. The lowest BCUT2D eigenvalue weighted by Gasteiger charge is -2.17. The molecule has 2 aromatic rings. The van der Waals surface area contributed by atoms with Crippen LogP contribution in [0.2, 0.25) is 0 Å². The van der Waals surface area contributed by atoms with E-state index in [1.165, 1.54) is 0 Å². The Morgan fingerprint density at radius 2 is 2.00 bits per heavy atom. The number of hydrogen-bond donors (Lipinski definition) is 2. The Morgan fingerprint density at radius 1 is 1.24 bits per heavy atom. The van der Waals surface area contributed by atoms with E-state index in [0.717, 1.165) is 42.4 Å². The Labute approximate surface area is 167 Å². The summed E-state index contributed by atoms with van der Waals surface area (Å²) < 4.78 is 10.5. The minimum atomic E-state index is 0. The maximum Gasteiger partial charge on any atom is 0.191 e. The van der Waals surface area contributed by atoms with E-state index in [4.69, 9.17) is 9.15 Å². The van der Waals surface area contributed by atoms with Gasteiger partial charge in [0.25, 0.3) is 0 Å². The molecule has 0 bridgehead atoms. The van der Waals surface area contributed by atoms with E-state index in [9.17, 15) is 0 Å². The number of aliphatic imine (C=N–C) groups is 1. The molecule has 138 valence electrons. The van der Waals surface area contributed by atoms with Crippen molar-refractivity contribution in [3.05, 3.63) is 54.0 Å². The van der Waals surface area contributed by atoms with Crippen molar-refractivity contribution in [2.45, 2.75) is 39.3 Å². The van der Waals surface area contributed by atoms with E-state index in [2.05, 4.69) is 29.5 Å². The van der Waals surface area contributed by atoms with Gasteiger partial charge in [-0.1, -0.05) is 19.1 Å². The molecule has 1 atom stereocenters. The van der Waals surface area contributed by atoms with Crippen LogP contribution < -0.4 is 15.4 Å². The van der Waals surface area contributed by atoms with Crippen molar-refractivity contribution in [1.29, 1.82) is 0 Å². The lowest BCUT2D eigenvalue weighted by atomic mass is 10.2. The molecule has 5 nitrogen and oxygen atoms in total. The van der Waals surface area contributed by atoms with Crippen LogP contribution in [0.4, 0.5) is 0 Å². The minimum absolute atomic E-state index is 0. The monoisotopic (exact) mass is 457 g/mol. The van der Waals surface area contributed by atoms with Gasteiger partial charge in [0.05, 0.1) is 19.9 Å². The van der Waals surface area contributed by atoms with Crippen molar-refractivity contribution < 1.29 is 9.15 Å². The minimum Gasteiger partial charge on any atom is -0.497 e. The number of benzene rings is 1. The molecule has 0 fully saturated rings. The van der Waals surface area contributed by atoms with Gasteiger partial charge in [0.1, 0.15) is 11.5 Å². The van der Waals surface area contributed by atoms with Crippen LogP contribution in [0.3, 0.4) is 0 Å². The van der Waals surface area contributed by atoms with Crippen LogP contribution in [0.15, 0.2) is 52.1 Å². The normalized spacial score (nSPS) is 12.2. The Balaban J connectivity index is 0.00000312. The van der Waals surface area contributed by atoms with Gasteiger partial charge in [-0.3, -0.25) is 0 Å². The summed E-state index contributed by atoms with van der Waals surface area (Å²) in [6, 6.07) is 12.2. The van der Waals surface area contributed by atoms with Crippen LogP contribution in [-0.2, 0) is 13.0 Å². The van der Waals surface area contributed by atoms with E-state index >= 15 is 0 Å². The average Bonchev–Trinajstić information content (AvgIpc) is 3.13. The summed E-state index contributed by atoms with van der Waals surface area (Å²) in [6.07, 6.45) is 3.57. The summed E-state index contributed by atoms with van der Waals surface area (Å²) in [6.45, 7) is 5.70. The zero-order valence-electron chi connectivity index (χ0n) is 15.1. The summed E-state index contributed by atoms with van der Waals surface area (Å²) >= 11 is 0. The van der Waals surface area contributed by atoms with E-state index < -0.39 is 0 Å². The maximum absolute atomic E-state index is 5.36. The van der Waals surface area contributed by atoms with E-state index in [-0.39, 0.29) is 24.0 Å². The smallest absolute Gasteiger partial charge is 0.191 e. The molecule has 25 heavy (non-hydrogen) atoms. The second kappa shape index (κ2) is 11.8. The molecule has 1 aromatic carbocycles. The van der Waals surface area contributed by atoms with Crippen molar-refractivity contribution >= 4 is 29.9 Å². The van der Waals surface area contributed by atoms with E-state index in [0.29, 0.717) is 12.6 Å². The molecule has 0 radical (unpaired) electrons. The van der Waals surface area contributed by atoms with Gasteiger partial charge in [0.2, 0.25) is 0 Å². The highest BCUT2D eigenvalue weighted by Crippen LogP contribution is 2.11. The number of nitrogens with one attached hydrogen (secondary N) is 2. The van der Waals surface area contributed by atoms with Crippen LogP contribution in [0, 0.1) is 0 Å². The fraction of sp³-hybridized carbons (Fsp3) is 0.421. The molecule has 6 heteroatoms. The van der Waals surface area contributed by atoms with Gasteiger partial charge in [-0.2, -0.15) is 0 Å². The molecule has 0 saturated heterocycles. The quantitative estimate of drug-likeness (QED) is 0.358. The lowest BCUT2D eigenvalue weighted by molar-refractivity contribution is 0.414. The van der Waals surface area contributed by atoms with Crippen molar-refractivity contribution in [3.63, 3.8) is 0 Å². The molecule has 1 unspecified atom stereocenters. The third-order valence-corrected chi connectivity index (χ3v) is 3.82. The van der Waals surface area contributed by atoms with Gasteiger partial charge in [-0.15, -0.1) is 24.0 Å². The van der Waals surface area contributed by atoms with Crippen molar-refractivity contribution in [2.75, 3.05) is 13.7 Å². The summed E-state index contributed by atoms with van der Waals surface area (Å²) in [7, 11) is 1.67. The van der Waals surface area contributed by atoms with Gasteiger partial charge in [0.15, 0.2) is 5.96 Å². The topological polar surface area (TPSA) is 58.8 Å². The molecule has 0 spiro atoms. The van der Waals surface area contributed by atoms with E-state index in [1.807, 2.05) is 36.4 Å². The molecule has 0 amide bonds. The Hall–Kier alpha value is -1.70. The standard InChI is InChI=1S/C19H27N3O2.HI/c1-4-15(2)22-19(20-12-11-18-6-5-13-24-18)21-14-16-7-9-17(23-3)10-8-16;/h5-10,13,15H,4,11-12,14H2,1-3H3,(H2,20,21,22);1H. The first-order valence-electron chi connectivity index (χ1n) is 8.41.